The predicted molar refractivity (Wildman–Crippen MR) is 73.8 cm³/mol. The second-order valence-corrected chi connectivity index (χ2v) is 7.80. The summed E-state index contributed by atoms with van der Waals surface area (Å²) < 4.78 is 21.4. The highest BCUT2D eigenvalue weighted by Gasteiger charge is 2.12. The minimum absolute atomic E-state index is 0.127. The first kappa shape index (κ1) is 14.3. The average molecular weight is 273 g/mol. The van der Waals surface area contributed by atoms with Crippen molar-refractivity contribution < 1.29 is 8.42 Å². The molecule has 0 N–H and O–H groups in total. The van der Waals surface area contributed by atoms with Crippen LogP contribution in [0.5, 0.6) is 0 Å². The van der Waals surface area contributed by atoms with Crippen LogP contribution in [0.4, 0.5) is 0 Å². The molecule has 1 aromatic rings. The van der Waals surface area contributed by atoms with Crippen LogP contribution >= 0.6 is 10.7 Å². The Morgan fingerprint density at radius 2 is 1.71 bits per heavy atom. The molecule has 0 aliphatic heterocycles. The molecule has 0 heterocycles. The molecule has 1 aromatic carbocycles. The van der Waals surface area contributed by atoms with Crippen molar-refractivity contribution in [1.82, 2.24) is 0 Å². The molecule has 4 heteroatoms. The van der Waals surface area contributed by atoms with Gasteiger partial charge < -0.3 is 0 Å². The zero-order valence-corrected chi connectivity index (χ0v) is 11.8. The Hall–Kier alpha value is -0.800. The van der Waals surface area contributed by atoms with Gasteiger partial charge in [-0.3, -0.25) is 0 Å². The van der Waals surface area contributed by atoms with Crippen LogP contribution < -0.4 is 0 Å². The highest BCUT2D eigenvalue weighted by molar-refractivity contribution is 8.13. The second kappa shape index (κ2) is 5.23. The molecule has 0 aromatic heterocycles. The molecule has 0 spiro atoms. The molecule has 0 radical (unpaired) electrons. The van der Waals surface area contributed by atoms with Gasteiger partial charge >= 0.3 is 0 Å². The first-order valence-corrected chi connectivity index (χ1v) is 7.86. The van der Waals surface area contributed by atoms with Crippen molar-refractivity contribution >= 4 is 25.8 Å². The van der Waals surface area contributed by atoms with E-state index in [-0.39, 0.29) is 11.2 Å². The summed E-state index contributed by atoms with van der Waals surface area (Å²) in [4.78, 5) is 0. The van der Waals surface area contributed by atoms with Gasteiger partial charge in [-0.05, 0) is 16.5 Å². The fourth-order valence-corrected chi connectivity index (χ4v) is 1.94. The van der Waals surface area contributed by atoms with Gasteiger partial charge in [-0.15, -0.1) is 0 Å². The maximum atomic E-state index is 10.7. The van der Waals surface area contributed by atoms with E-state index >= 15 is 0 Å². The molecule has 94 valence electrons. The zero-order chi connectivity index (χ0) is 13.1. The molecule has 0 aliphatic rings. The van der Waals surface area contributed by atoms with Crippen LogP contribution in [0.1, 0.15) is 31.9 Å². The van der Waals surface area contributed by atoms with Gasteiger partial charge in [-0.2, -0.15) is 0 Å². The molecule has 0 atom stereocenters. The highest BCUT2D eigenvalue weighted by Crippen LogP contribution is 2.22. The lowest BCUT2D eigenvalue weighted by Gasteiger charge is -2.18. The van der Waals surface area contributed by atoms with Crippen LogP contribution in [0.3, 0.4) is 0 Å². The Morgan fingerprint density at radius 3 is 2.12 bits per heavy atom. The highest BCUT2D eigenvalue weighted by atomic mass is 35.7. The van der Waals surface area contributed by atoms with Crippen LogP contribution in [0.25, 0.3) is 6.08 Å². The topological polar surface area (TPSA) is 34.1 Å². The second-order valence-electron chi connectivity index (χ2n) is 4.98. The Bertz CT molecular complexity index is 493. The summed E-state index contributed by atoms with van der Waals surface area (Å²) in [5.74, 6) is -0.143. The van der Waals surface area contributed by atoms with E-state index in [2.05, 4.69) is 32.9 Å². The molecule has 0 saturated heterocycles. The van der Waals surface area contributed by atoms with Crippen LogP contribution in [-0.2, 0) is 14.5 Å². The molecular formula is C13H17ClO2S. The SMILES string of the molecule is CC(C)(C)c1ccc(C=CCS(=O)(=O)Cl)cc1. The quantitative estimate of drug-likeness (QED) is 0.789. The summed E-state index contributed by atoms with van der Waals surface area (Å²) in [6, 6.07) is 8.04. The number of benzene rings is 1. The van der Waals surface area contributed by atoms with E-state index in [0.717, 1.165) is 5.56 Å². The molecule has 0 saturated carbocycles. The van der Waals surface area contributed by atoms with Gasteiger partial charge in [0.25, 0.3) is 0 Å². The van der Waals surface area contributed by atoms with Crippen molar-refractivity contribution in [3.63, 3.8) is 0 Å². The van der Waals surface area contributed by atoms with Crippen molar-refractivity contribution in [2.45, 2.75) is 26.2 Å². The fourth-order valence-electron chi connectivity index (χ4n) is 1.39. The van der Waals surface area contributed by atoms with Crippen LogP contribution in [0.15, 0.2) is 30.3 Å². The zero-order valence-electron chi connectivity index (χ0n) is 10.3. The molecule has 0 bridgehead atoms. The Morgan fingerprint density at radius 1 is 1.18 bits per heavy atom. The summed E-state index contributed by atoms with van der Waals surface area (Å²) in [7, 11) is 1.67. The van der Waals surface area contributed by atoms with Crippen molar-refractivity contribution in [1.29, 1.82) is 0 Å². The van der Waals surface area contributed by atoms with Gasteiger partial charge in [-0.25, -0.2) is 8.42 Å². The van der Waals surface area contributed by atoms with E-state index in [1.54, 1.807) is 12.2 Å². The third kappa shape index (κ3) is 5.37. The van der Waals surface area contributed by atoms with E-state index in [0.29, 0.717) is 0 Å². The normalized spacial score (nSPS) is 13.2. The van der Waals surface area contributed by atoms with Gasteiger partial charge in [0.2, 0.25) is 9.05 Å². The molecule has 0 unspecified atom stereocenters. The van der Waals surface area contributed by atoms with Crippen LogP contribution in [0, 0.1) is 0 Å². The van der Waals surface area contributed by atoms with E-state index < -0.39 is 9.05 Å². The summed E-state index contributed by atoms with van der Waals surface area (Å²) in [6.07, 6.45) is 3.31. The number of hydrogen-bond acceptors (Lipinski definition) is 2. The minimum Gasteiger partial charge on any atom is -0.212 e. The van der Waals surface area contributed by atoms with Crippen molar-refractivity contribution in [3.8, 4) is 0 Å². The summed E-state index contributed by atoms with van der Waals surface area (Å²) in [5, 5.41) is 0. The Balaban J connectivity index is 2.76. The number of rotatable bonds is 3. The molecule has 2 nitrogen and oxygen atoms in total. The van der Waals surface area contributed by atoms with Crippen LogP contribution in [0.2, 0.25) is 0 Å². The Kier molecular flexibility index (Phi) is 4.39. The molecule has 0 amide bonds. The van der Waals surface area contributed by atoms with Crippen LogP contribution in [-0.4, -0.2) is 14.2 Å². The standard InChI is InChI=1S/C13H17ClO2S/c1-13(2,3)12-8-6-11(7-9-12)5-4-10-17(14,15)16/h4-9H,10H2,1-3H3. The third-order valence-corrected chi connectivity index (χ3v) is 3.35. The van der Waals surface area contributed by atoms with Crippen molar-refractivity contribution in [3.05, 3.63) is 41.5 Å². The number of halogens is 1. The van der Waals surface area contributed by atoms with Crippen molar-refractivity contribution in [2.75, 3.05) is 5.75 Å². The summed E-state index contributed by atoms with van der Waals surface area (Å²) in [6.45, 7) is 6.45. The first-order chi connectivity index (χ1) is 7.68. The van der Waals surface area contributed by atoms with Gasteiger partial charge in [-0.1, -0.05) is 57.2 Å². The summed E-state index contributed by atoms with van der Waals surface area (Å²) in [5.41, 5.74) is 2.35. The van der Waals surface area contributed by atoms with E-state index in [1.165, 1.54) is 5.56 Å². The molecule has 17 heavy (non-hydrogen) atoms. The fraction of sp³-hybridized carbons (Fsp3) is 0.385. The molecular weight excluding hydrogens is 256 g/mol. The first-order valence-electron chi connectivity index (χ1n) is 5.38. The third-order valence-electron chi connectivity index (χ3n) is 2.38. The lowest BCUT2D eigenvalue weighted by atomic mass is 9.87. The maximum absolute atomic E-state index is 10.7. The van der Waals surface area contributed by atoms with Gasteiger partial charge in [0.15, 0.2) is 0 Å². The predicted octanol–water partition coefficient (Wildman–Crippen LogP) is 3.57. The summed E-state index contributed by atoms with van der Waals surface area (Å²) >= 11 is 0. The number of hydrogen-bond donors (Lipinski definition) is 0. The Labute approximate surface area is 108 Å². The van der Waals surface area contributed by atoms with E-state index in [1.807, 2.05) is 12.1 Å². The van der Waals surface area contributed by atoms with Gasteiger partial charge in [0.05, 0.1) is 5.75 Å². The van der Waals surface area contributed by atoms with Gasteiger partial charge in [0, 0.05) is 10.7 Å². The largest absolute Gasteiger partial charge is 0.236 e. The minimum atomic E-state index is -3.44. The van der Waals surface area contributed by atoms with Gasteiger partial charge in [0.1, 0.15) is 0 Å². The van der Waals surface area contributed by atoms with E-state index in [4.69, 9.17) is 10.7 Å². The lowest BCUT2D eigenvalue weighted by Crippen LogP contribution is -2.10. The molecule has 0 fully saturated rings. The van der Waals surface area contributed by atoms with E-state index in [9.17, 15) is 8.42 Å². The smallest absolute Gasteiger partial charge is 0.212 e. The molecule has 0 aliphatic carbocycles. The lowest BCUT2D eigenvalue weighted by molar-refractivity contribution is 0.590. The van der Waals surface area contributed by atoms with Crippen molar-refractivity contribution in [2.24, 2.45) is 0 Å². The monoisotopic (exact) mass is 272 g/mol. The molecule has 1 rings (SSSR count). The average Bonchev–Trinajstić information content (AvgIpc) is 2.15. The maximum Gasteiger partial charge on any atom is 0.236 e.